The second-order valence-electron chi connectivity index (χ2n) is 2.89. The molecule has 0 aromatic rings. The fourth-order valence-electron chi connectivity index (χ4n) is 0.925. The smallest absolute Gasteiger partial charge is 0.136 e. The Morgan fingerprint density at radius 2 is 1.83 bits per heavy atom. The van der Waals surface area contributed by atoms with Crippen molar-refractivity contribution < 1.29 is 9.59 Å². The molecule has 4 N–H and O–H groups in total. The standard InChI is InChI=1S/C8H16N2O2/c9-7(4-5-11)2-1-3-8(10)6-12/h5-8H,1-4,9-10H2. The number of hydrogen-bond acceptors (Lipinski definition) is 4. The molecule has 2 unspecified atom stereocenters. The summed E-state index contributed by atoms with van der Waals surface area (Å²) in [5.41, 5.74) is 10.9. The predicted molar refractivity (Wildman–Crippen MR) is 46.5 cm³/mol. The quantitative estimate of drug-likeness (QED) is 0.511. The lowest BCUT2D eigenvalue weighted by Gasteiger charge is -2.07. The SMILES string of the molecule is NC(C=O)CCCC(N)CC=O. The number of rotatable bonds is 7. The van der Waals surface area contributed by atoms with Crippen LogP contribution in [-0.4, -0.2) is 24.7 Å². The highest BCUT2D eigenvalue weighted by Crippen LogP contribution is 2.02. The van der Waals surface area contributed by atoms with Crippen LogP contribution in [0.15, 0.2) is 0 Å². The van der Waals surface area contributed by atoms with Gasteiger partial charge in [0.05, 0.1) is 6.04 Å². The Bertz CT molecular complexity index is 139. The average molecular weight is 172 g/mol. The maximum atomic E-state index is 10.1. The molecule has 0 aliphatic carbocycles. The van der Waals surface area contributed by atoms with Crippen LogP contribution in [0.1, 0.15) is 25.7 Å². The molecule has 0 aliphatic heterocycles. The number of hydrogen-bond donors (Lipinski definition) is 2. The van der Waals surface area contributed by atoms with Crippen LogP contribution in [-0.2, 0) is 9.59 Å². The van der Waals surface area contributed by atoms with E-state index in [9.17, 15) is 9.59 Å². The number of carbonyl (C=O) groups excluding carboxylic acids is 2. The van der Waals surface area contributed by atoms with E-state index < -0.39 is 0 Å². The maximum Gasteiger partial charge on any atom is 0.136 e. The molecule has 0 radical (unpaired) electrons. The summed E-state index contributed by atoms with van der Waals surface area (Å²) in [5, 5.41) is 0. The molecule has 0 spiro atoms. The molecule has 0 bridgehead atoms. The Balaban J connectivity index is 3.29. The zero-order chi connectivity index (χ0) is 9.40. The first-order chi connectivity index (χ1) is 5.70. The molecule has 0 heterocycles. The maximum absolute atomic E-state index is 10.1. The second-order valence-corrected chi connectivity index (χ2v) is 2.89. The number of carbonyl (C=O) groups is 2. The van der Waals surface area contributed by atoms with Crippen LogP contribution >= 0.6 is 0 Å². The van der Waals surface area contributed by atoms with Gasteiger partial charge in [0.25, 0.3) is 0 Å². The molecule has 0 saturated heterocycles. The van der Waals surface area contributed by atoms with Gasteiger partial charge in [0, 0.05) is 12.5 Å². The molecule has 0 saturated carbocycles. The van der Waals surface area contributed by atoms with Gasteiger partial charge in [0.15, 0.2) is 0 Å². The van der Waals surface area contributed by atoms with E-state index in [-0.39, 0.29) is 12.1 Å². The van der Waals surface area contributed by atoms with Crippen LogP contribution in [0.3, 0.4) is 0 Å². The number of aldehydes is 2. The molecule has 0 amide bonds. The largest absolute Gasteiger partial charge is 0.327 e. The zero-order valence-electron chi connectivity index (χ0n) is 7.11. The first-order valence-electron chi connectivity index (χ1n) is 4.10. The minimum atomic E-state index is -0.381. The molecule has 0 rings (SSSR count). The van der Waals surface area contributed by atoms with E-state index in [1.165, 1.54) is 0 Å². The molecular weight excluding hydrogens is 156 g/mol. The van der Waals surface area contributed by atoms with Crippen LogP contribution in [0, 0.1) is 0 Å². The van der Waals surface area contributed by atoms with Gasteiger partial charge in [-0.3, -0.25) is 0 Å². The first-order valence-corrected chi connectivity index (χ1v) is 4.10. The summed E-state index contributed by atoms with van der Waals surface area (Å²) in [6.45, 7) is 0. The highest BCUT2D eigenvalue weighted by Gasteiger charge is 2.03. The summed E-state index contributed by atoms with van der Waals surface area (Å²) in [6.07, 6.45) is 4.12. The topological polar surface area (TPSA) is 86.2 Å². The Kier molecular flexibility index (Phi) is 6.51. The fourth-order valence-corrected chi connectivity index (χ4v) is 0.925. The van der Waals surface area contributed by atoms with Gasteiger partial charge < -0.3 is 21.1 Å². The Hall–Kier alpha value is -0.740. The van der Waals surface area contributed by atoms with Gasteiger partial charge in [-0.05, 0) is 19.3 Å². The van der Waals surface area contributed by atoms with Crippen LogP contribution in [0.2, 0.25) is 0 Å². The van der Waals surface area contributed by atoms with Crippen LogP contribution in [0.4, 0.5) is 0 Å². The lowest BCUT2D eigenvalue weighted by Crippen LogP contribution is -2.24. The highest BCUT2D eigenvalue weighted by molar-refractivity contribution is 5.56. The molecule has 4 heteroatoms. The van der Waals surface area contributed by atoms with E-state index in [1.54, 1.807) is 0 Å². The van der Waals surface area contributed by atoms with Crippen LogP contribution in [0.5, 0.6) is 0 Å². The van der Waals surface area contributed by atoms with Crippen molar-refractivity contribution in [1.82, 2.24) is 0 Å². The molecular formula is C8H16N2O2. The van der Waals surface area contributed by atoms with Crippen LogP contribution in [0.25, 0.3) is 0 Å². The van der Waals surface area contributed by atoms with Gasteiger partial charge >= 0.3 is 0 Å². The molecule has 0 fully saturated rings. The molecule has 0 aromatic carbocycles. The minimum absolute atomic E-state index is 0.0821. The summed E-state index contributed by atoms with van der Waals surface area (Å²) in [6, 6.07) is -0.463. The van der Waals surface area contributed by atoms with Gasteiger partial charge in [0.2, 0.25) is 0 Å². The van der Waals surface area contributed by atoms with E-state index in [1.807, 2.05) is 0 Å². The lowest BCUT2D eigenvalue weighted by molar-refractivity contribution is -0.109. The second kappa shape index (κ2) is 6.94. The molecule has 2 atom stereocenters. The summed E-state index contributed by atoms with van der Waals surface area (Å²) in [4.78, 5) is 20.1. The summed E-state index contributed by atoms with van der Waals surface area (Å²) in [7, 11) is 0. The zero-order valence-corrected chi connectivity index (χ0v) is 7.11. The highest BCUT2D eigenvalue weighted by atomic mass is 16.1. The predicted octanol–water partition coefficient (Wildman–Crippen LogP) is -0.401. The number of nitrogens with two attached hydrogens (primary N) is 2. The molecule has 0 aliphatic rings. The monoisotopic (exact) mass is 172 g/mol. The summed E-state index contributed by atoms with van der Waals surface area (Å²) in [5.74, 6) is 0. The molecule has 12 heavy (non-hydrogen) atoms. The van der Waals surface area contributed by atoms with E-state index in [2.05, 4.69) is 0 Å². The lowest BCUT2D eigenvalue weighted by atomic mass is 10.1. The van der Waals surface area contributed by atoms with Gasteiger partial charge in [-0.15, -0.1) is 0 Å². The third-order valence-electron chi connectivity index (χ3n) is 1.69. The first kappa shape index (κ1) is 11.3. The van der Waals surface area contributed by atoms with Crippen molar-refractivity contribution in [2.24, 2.45) is 11.5 Å². The fraction of sp³-hybridized carbons (Fsp3) is 0.750. The van der Waals surface area contributed by atoms with Gasteiger partial charge in [-0.2, -0.15) is 0 Å². The van der Waals surface area contributed by atoms with Gasteiger partial charge in [0.1, 0.15) is 12.6 Å². The molecule has 70 valence electrons. The Morgan fingerprint density at radius 3 is 2.33 bits per heavy atom. The summed E-state index contributed by atoms with van der Waals surface area (Å²) >= 11 is 0. The Labute approximate surface area is 72.3 Å². The Morgan fingerprint density at radius 1 is 1.17 bits per heavy atom. The van der Waals surface area contributed by atoms with Crippen molar-refractivity contribution in [3.05, 3.63) is 0 Å². The molecule has 4 nitrogen and oxygen atoms in total. The van der Waals surface area contributed by atoms with Crippen molar-refractivity contribution in [2.45, 2.75) is 37.8 Å². The third-order valence-corrected chi connectivity index (χ3v) is 1.69. The van der Waals surface area contributed by atoms with E-state index in [4.69, 9.17) is 11.5 Å². The van der Waals surface area contributed by atoms with Crippen molar-refractivity contribution >= 4 is 12.6 Å². The van der Waals surface area contributed by atoms with E-state index >= 15 is 0 Å². The van der Waals surface area contributed by atoms with Gasteiger partial charge in [-0.25, -0.2) is 0 Å². The van der Waals surface area contributed by atoms with E-state index in [0.29, 0.717) is 12.8 Å². The van der Waals surface area contributed by atoms with Crippen molar-refractivity contribution in [3.63, 3.8) is 0 Å². The van der Waals surface area contributed by atoms with Crippen molar-refractivity contribution in [2.75, 3.05) is 0 Å². The van der Waals surface area contributed by atoms with Gasteiger partial charge in [-0.1, -0.05) is 0 Å². The summed E-state index contributed by atoms with van der Waals surface area (Å²) < 4.78 is 0. The third kappa shape index (κ3) is 6.00. The average Bonchev–Trinajstić information content (AvgIpc) is 2.04. The van der Waals surface area contributed by atoms with E-state index in [0.717, 1.165) is 25.4 Å². The van der Waals surface area contributed by atoms with Crippen molar-refractivity contribution in [1.29, 1.82) is 0 Å². The molecule has 0 aromatic heterocycles. The van der Waals surface area contributed by atoms with Crippen LogP contribution < -0.4 is 11.5 Å². The minimum Gasteiger partial charge on any atom is -0.327 e. The normalized spacial score (nSPS) is 15.2. The van der Waals surface area contributed by atoms with Crippen molar-refractivity contribution in [3.8, 4) is 0 Å².